The molecule has 1 N–H and O–H groups in total. The van der Waals surface area contributed by atoms with Crippen LogP contribution >= 0.6 is 46.6 Å². The number of imidazole rings is 1. The number of hydrogen-bond donors (Lipinski definition) is 1. The molecule has 1 amide bonds. The fourth-order valence-electron chi connectivity index (χ4n) is 3.07. The number of benzene rings is 3. The lowest BCUT2D eigenvalue weighted by Crippen LogP contribution is -2.20. The first kappa shape index (κ1) is 22.7. The van der Waals surface area contributed by atoms with Crippen LogP contribution in [0.15, 0.2) is 77.0 Å². The Kier molecular flexibility index (Phi) is 7.37. The van der Waals surface area contributed by atoms with Crippen LogP contribution in [-0.4, -0.2) is 27.4 Å². The van der Waals surface area contributed by atoms with Crippen molar-refractivity contribution in [1.29, 1.82) is 0 Å². The van der Waals surface area contributed by atoms with Crippen molar-refractivity contribution >= 4 is 69.7 Å². The summed E-state index contributed by atoms with van der Waals surface area (Å²) < 4.78 is 2.06. The summed E-state index contributed by atoms with van der Waals surface area (Å²) in [6, 6.07) is 20.7. The lowest BCUT2D eigenvalue weighted by Gasteiger charge is -2.10. The van der Waals surface area contributed by atoms with Crippen molar-refractivity contribution in [3.63, 3.8) is 0 Å². The van der Waals surface area contributed by atoms with Gasteiger partial charge in [-0.2, -0.15) is 5.10 Å². The number of nitrogens with zero attached hydrogens (tertiary/aromatic N) is 3. The van der Waals surface area contributed by atoms with Crippen molar-refractivity contribution in [1.82, 2.24) is 15.0 Å². The average molecular weight is 504 g/mol. The third-order valence-corrected chi connectivity index (χ3v) is 6.79. The molecule has 0 spiro atoms. The molecule has 1 heterocycles. The second-order valence-corrected chi connectivity index (χ2v) is 8.92. The van der Waals surface area contributed by atoms with Gasteiger partial charge in [-0.3, -0.25) is 4.79 Å². The molecule has 0 saturated carbocycles. The highest BCUT2D eigenvalue weighted by molar-refractivity contribution is 7.99. The van der Waals surface area contributed by atoms with E-state index in [1.807, 2.05) is 48.5 Å². The van der Waals surface area contributed by atoms with E-state index in [0.29, 0.717) is 27.2 Å². The number of hydrogen-bond acceptors (Lipinski definition) is 4. The Hall–Kier alpha value is -2.51. The Bertz CT molecular complexity index is 1310. The molecule has 0 aliphatic rings. The van der Waals surface area contributed by atoms with Gasteiger partial charge in [0.15, 0.2) is 5.16 Å². The summed E-state index contributed by atoms with van der Waals surface area (Å²) in [5.41, 5.74) is 5.94. The van der Waals surface area contributed by atoms with Gasteiger partial charge in [-0.05, 0) is 29.8 Å². The van der Waals surface area contributed by atoms with E-state index < -0.39 is 0 Å². The first-order chi connectivity index (χ1) is 15.5. The monoisotopic (exact) mass is 502 g/mol. The summed E-state index contributed by atoms with van der Waals surface area (Å²) >= 11 is 19.8. The maximum absolute atomic E-state index is 12.3. The zero-order valence-corrected chi connectivity index (χ0v) is 19.7. The Morgan fingerprint density at radius 2 is 1.75 bits per heavy atom. The topological polar surface area (TPSA) is 59.3 Å². The highest BCUT2D eigenvalue weighted by Crippen LogP contribution is 2.27. The number of rotatable bonds is 7. The number of amides is 1. The zero-order valence-electron chi connectivity index (χ0n) is 16.6. The maximum Gasteiger partial charge on any atom is 0.250 e. The molecular formula is C23H17Cl3N4OS. The minimum atomic E-state index is -0.263. The van der Waals surface area contributed by atoms with Gasteiger partial charge in [-0.15, -0.1) is 0 Å². The van der Waals surface area contributed by atoms with E-state index >= 15 is 0 Å². The van der Waals surface area contributed by atoms with Gasteiger partial charge in [-0.1, -0.05) is 89.0 Å². The van der Waals surface area contributed by atoms with Crippen molar-refractivity contribution in [2.75, 3.05) is 5.75 Å². The molecule has 0 aliphatic heterocycles. The van der Waals surface area contributed by atoms with Crippen LogP contribution in [0.25, 0.3) is 11.0 Å². The molecule has 162 valence electrons. The van der Waals surface area contributed by atoms with Gasteiger partial charge in [0.05, 0.1) is 39.6 Å². The third-order valence-electron chi connectivity index (χ3n) is 4.61. The van der Waals surface area contributed by atoms with Crippen molar-refractivity contribution in [3.05, 3.63) is 92.9 Å². The number of halogens is 3. The van der Waals surface area contributed by atoms with Crippen molar-refractivity contribution in [2.45, 2.75) is 11.7 Å². The number of carbonyl (C=O) groups is 1. The molecule has 0 saturated heterocycles. The smallest absolute Gasteiger partial charge is 0.250 e. The number of fused-ring (bicyclic) bond motifs is 1. The van der Waals surface area contributed by atoms with Gasteiger partial charge < -0.3 is 4.57 Å². The second kappa shape index (κ2) is 10.4. The predicted molar refractivity (Wildman–Crippen MR) is 133 cm³/mol. The fourth-order valence-corrected chi connectivity index (χ4v) is 4.43. The van der Waals surface area contributed by atoms with Crippen LogP contribution in [0.5, 0.6) is 0 Å². The molecular weight excluding hydrogens is 487 g/mol. The number of aromatic nitrogens is 2. The van der Waals surface area contributed by atoms with Gasteiger partial charge in [0, 0.05) is 10.6 Å². The molecule has 4 rings (SSSR count). The van der Waals surface area contributed by atoms with Crippen LogP contribution in [0.4, 0.5) is 0 Å². The minimum absolute atomic E-state index is 0.145. The summed E-state index contributed by atoms with van der Waals surface area (Å²) in [7, 11) is 0. The third kappa shape index (κ3) is 5.27. The van der Waals surface area contributed by atoms with E-state index in [0.717, 1.165) is 21.8 Å². The molecule has 0 radical (unpaired) electrons. The first-order valence-corrected chi connectivity index (χ1v) is 11.7. The van der Waals surface area contributed by atoms with Crippen molar-refractivity contribution < 1.29 is 4.79 Å². The van der Waals surface area contributed by atoms with Crippen molar-refractivity contribution in [2.24, 2.45) is 5.10 Å². The summed E-state index contributed by atoms with van der Waals surface area (Å²) in [4.78, 5) is 17.0. The molecule has 0 unspecified atom stereocenters. The molecule has 9 heteroatoms. The van der Waals surface area contributed by atoms with Gasteiger partial charge >= 0.3 is 0 Å². The summed E-state index contributed by atoms with van der Waals surface area (Å²) in [5.74, 6) is -0.118. The van der Waals surface area contributed by atoms with E-state index in [9.17, 15) is 4.79 Å². The van der Waals surface area contributed by atoms with Crippen molar-refractivity contribution in [3.8, 4) is 0 Å². The predicted octanol–water partition coefficient (Wildman–Crippen LogP) is 6.29. The average Bonchev–Trinajstić information content (AvgIpc) is 3.14. The van der Waals surface area contributed by atoms with Crippen LogP contribution in [0.2, 0.25) is 15.1 Å². The molecule has 5 nitrogen and oxygen atoms in total. The molecule has 0 bridgehead atoms. The molecule has 0 atom stereocenters. The number of nitrogens with one attached hydrogen (secondary N) is 1. The summed E-state index contributed by atoms with van der Waals surface area (Å²) in [5, 5.41) is 6.20. The van der Waals surface area contributed by atoms with E-state index in [4.69, 9.17) is 39.8 Å². The Balaban J connectivity index is 1.47. The highest BCUT2D eigenvalue weighted by atomic mass is 35.5. The van der Waals surface area contributed by atoms with Gasteiger partial charge in [0.1, 0.15) is 0 Å². The summed E-state index contributed by atoms with van der Waals surface area (Å²) in [6.45, 7) is 0.551. The van der Waals surface area contributed by atoms with Gasteiger partial charge in [0.25, 0.3) is 5.91 Å². The maximum atomic E-state index is 12.3. The number of hydrazone groups is 1. The van der Waals surface area contributed by atoms with Gasteiger partial charge in [-0.25, -0.2) is 10.4 Å². The van der Waals surface area contributed by atoms with E-state index in [2.05, 4.69) is 15.1 Å². The Morgan fingerprint density at radius 3 is 2.59 bits per heavy atom. The van der Waals surface area contributed by atoms with Crippen LogP contribution in [0, 0.1) is 0 Å². The molecule has 0 fully saturated rings. The molecule has 0 aliphatic carbocycles. The second-order valence-electron chi connectivity index (χ2n) is 6.79. The lowest BCUT2D eigenvalue weighted by atomic mass is 10.2. The van der Waals surface area contributed by atoms with Crippen LogP contribution in [0.1, 0.15) is 11.1 Å². The van der Waals surface area contributed by atoms with Crippen LogP contribution in [0.3, 0.4) is 0 Å². The Morgan fingerprint density at radius 1 is 1.00 bits per heavy atom. The molecule has 1 aromatic heterocycles. The summed E-state index contributed by atoms with van der Waals surface area (Å²) in [6.07, 6.45) is 1.46. The minimum Gasteiger partial charge on any atom is -0.314 e. The first-order valence-electron chi connectivity index (χ1n) is 9.60. The van der Waals surface area contributed by atoms with Gasteiger partial charge in [0.2, 0.25) is 0 Å². The highest BCUT2D eigenvalue weighted by Gasteiger charge is 2.14. The SMILES string of the molecule is O=C(CSc1nc2ccccc2n1Cc1ccccc1Cl)N/N=C/c1cccc(Cl)c1Cl. The largest absolute Gasteiger partial charge is 0.314 e. The van der Waals surface area contributed by atoms with E-state index in [-0.39, 0.29) is 11.7 Å². The normalized spacial score (nSPS) is 11.3. The van der Waals surface area contributed by atoms with E-state index in [1.165, 1.54) is 18.0 Å². The standard InChI is InChI=1S/C23H17Cl3N4OS/c24-17-8-2-1-6-16(17)13-30-20-11-4-3-10-19(20)28-23(30)32-14-21(31)29-27-12-15-7-5-9-18(25)22(15)26/h1-12H,13-14H2,(H,29,31)/b27-12+. The molecule has 32 heavy (non-hydrogen) atoms. The van der Waals surface area contributed by atoms with Crippen LogP contribution < -0.4 is 5.43 Å². The lowest BCUT2D eigenvalue weighted by molar-refractivity contribution is -0.118. The zero-order chi connectivity index (χ0) is 22.5. The molecule has 3 aromatic carbocycles. The van der Waals surface area contributed by atoms with E-state index in [1.54, 1.807) is 18.2 Å². The van der Waals surface area contributed by atoms with Crippen LogP contribution in [-0.2, 0) is 11.3 Å². The number of para-hydroxylation sites is 2. The fraction of sp³-hybridized carbons (Fsp3) is 0.0870. The number of thioether (sulfide) groups is 1. The quantitative estimate of drug-likeness (QED) is 0.183. The molecule has 4 aromatic rings. The Labute approximate surface area is 204 Å². The number of carbonyl (C=O) groups excluding carboxylic acids is 1.